The molecular weight excluding hydrogens is 258 g/mol. The Labute approximate surface area is 105 Å². The van der Waals surface area contributed by atoms with Crippen molar-refractivity contribution >= 4 is 16.0 Å². The monoisotopic (exact) mass is 271 g/mol. The Hall–Kier alpha value is -1.76. The summed E-state index contributed by atoms with van der Waals surface area (Å²) < 4.78 is 29.7. The van der Waals surface area contributed by atoms with Crippen LogP contribution in [0.15, 0.2) is 35.8 Å². The van der Waals surface area contributed by atoms with Crippen LogP contribution in [0.4, 0.5) is 0 Å². The largest absolute Gasteiger partial charge is 0.509 e. The molecule has 1 aliphatic heterocycles. The summed E-state index contributed by atoms with van der Waals surface area (Å²) in [5.41, 5.74) is -0.335. The summed E-state index contributed by atoms with van der Waals surface area (Å²) in [4.78, 5) is 11.6. The molecule has 7 heteroatoms. The number of likely N-dealkylation sites (N-methyl/N-ethyl adjacent to an activating group) is 1. The smallest absolute Gasteiger partial charge is 0.358 e. The molecule has 2 atom stereocenters. The number of carbonyl (C=O) groups is 1. The summed E-state index contributed by atoms with van der Waals surface area (Å²) in [5, 5.41) is 9.17. The summed E-state index contributed by atoms with van der Waals surface area (Å²) in [6.07, 6.45) is 6.27. The van der Waals surface area contributed by atoms with Crippen LogP contribution in [0.25, 0.3) is 0 Å². The highest BCUT2D eigenvalue weighted by atomic mass is 32.2. The van der Waals surface area contributed by atoms with Gasteiger partial charge in [0, 0.05) is 7.05 Å². The quantitative estimate of drug-likeness (QED) is 0.694. The molecule has 0 saturated carbocycles. The van der Waals surface area contributed by atoms with Crippen molar-refractivity contribution in [2.24, 2.45) is 5.92 Å². The molecule has 1 N–H and O–H groups in total. The number of esters is 1. The van der Waals surface area contributed by atoms with Crippen LogP contribution in [-0.2, 0) is 19.6 Å². The van der Waals surface area contributed by atoms with Gasteiger partial charge in [-0.3, -0.25) is 4.31 Å². The number of sulfonamides is 1. The molecule has 18 heavy (non-hydrogen) atoms. The Balaban J connectivity index is 2.63. The van der Waals surface area contributed by atoms with Crippen LogP contribution in [0.3, 0.4) is 0 Å². The van der Waals surface area contributed by atoms with Crippen LogP contribution >= 0.6 is 0 Å². The standard InChI is InChI=1S/C11H13NO5S/c1-12-9(11(14)17-2)10(13)7-5-3-4-6-8(7)18(12,15)16/h3-8,13H,1-2H3/t7-,8-/m1/s1. The number of hydrogen-bond acceptors (Lipinski definition) is 5. The summed E-state index contributed by atoms with van der Waals surface area (Å²) in [6, 6.07) is 0. The lowest BCUT2D eigenvalue weighted by Crippen LogP contribution is -2.46. The Morgan fingerprint density at radius 3 is 2.61 bits per heavy atom. The normalized spacial score (nSPS) is 29.1. The molecule has 6 nitrogen and oxygen atoms in total. The summed E-state index contributed by atoms with van der Waals surface area (Å²) in [7, 11) is -1.37. The highest BCUT2D eigenvalue weighted by molar-refractivity contribution is 7.90. The topological polar surface area (TPSA) is 83.9 Å². The van der Waals surface area contributed by atoms with E-state index in [9.17, 15) is 18.3 Å². The number of fused-ring (bicyclic) bond motifs is 1. The summed E-state index contributed by atoms with van der Waals surface area (Å²) >= 11 is 0. The van der Waals surface area contributed by atoms with Gasteiger partial charge in [-0.1, -0.05) is 24.3 Å². The Morgan fingerprint density at radius 2 is 2.00 bits per heavy atom. The number of allylic oxidation sites excluding steroid dienone is 3. The zero-order chi connectivity index (χ0) is 13.5. The first-order valence-corrected chi connectivity index (χ1v) is 6.75. The maximum absolute atomic E-state index is 12.2. The molecular formula is C11H13NO5S. The lowest BCUT2D eigenvalue weighted by Gasteiger charge is -2.35. The van der Waals surface area contributed by atoms with E-state index in [1.165, 1.54) is 13.1 Å². The molecule has 0 unspecified atom stereocenters. The van der Waals surface area contributed by atoms with E-state index in [0.29, 0.717) is 0 Å². The molecule has 2 rings (SSSR count). The molecule has 0 amide bonds. The number of carbonyl (C=O) groups excluding carboxylic acids is 1. The van der Waals surface area contributed by atoms with Crippen molar-refractivity contribution in [3.05, 3.63) is 35.8 Å². The highest BCUT2D eigenvalue weighted by Crippen LogP contribution is 2.35. The lowest BCUT2D eigenvalue weighted by molar-refractivity contribution is -0.137. The van der Waals surface area contributed by atoms with Crippen LogP contribution in [-0.4, -0.2) is 43.2 Å². The van der Waals surface area contributed by atoms with E-state index in [-0.39, 0.29) is 11.5 Å². The molecule has 0 radical (unpaired) electrons. The van der Waals surface area contributed by atoms with Gasteiger partial charge in [-0.25, -0.2) is 13.2 Å². The molecule has 2 aliphatic rings. The average Bonchev–Trinajstić information content (AvgIpc) is 2.37. The molecule has 1 heterocycles. The van der Waals surface area contributed by atoms with E-state index < -0.39 is 27.2 Å². The first-order valence-electron chi connectivity index (χ1n) is 5.25. The van der Waals surface area contributed by atoms with Crippen LogP contribution in [0, 0.1) is 5.92 Å². The van der Waals surface area contributed by atoms with Gasteiger partial charge in [0.15, 0.2) is 5.70 Å². The van der Waals surface area contributed by atoms with Gasteiger partial charge in [0.25, 0.3) is 0 Å². The van der Waals surface area contributed by atoms with Crippen LogP contribution in [0.5, 0.6) is 0 Å². The lowest BCUT2D eigenvalue weighted by atomic mass is 9.96. The number of nitrogens with zero attached hydrogens (tertiary/aromatic N) is 1. The van der Waals surface area contributed by atoms with E-state index in [4.69, 9.17) is 0 Å². The molecule has 0 bridgehead atoms. The number of aliphatic hydroxyl groups is 1. The fourth-order valence-electron chi connectivity index (χ4n) is 2.08. The number of rotatable bonds is 1. The van der Waals surface area contributed by atoms with E-state index >= 15 is 0 Å². The Kier molecular flexibility index (Phi) is 2.94. The SMILES string of the molecule is COC(=O)C1=C(O)[C@@H]2C=CC=C[C@H]2S(=O)(=O)N1C. The van der Waals surface area contributed by atoms with Crippen LogP contribution < -0.4 is 0 Å². The molecule has 0 aromatic rings. The maximum atomic E-state index is 12.2. The molecule has 98 valence electrons. The minimum absolute atomic E-state index is 0.287. The number of hydrogen-bond donors (Lipinski definition) is 1. The van der Waals surface area contributed by atoms with Crippen LogP contribution in [0.2, 0.25) is 0 Å². The fourth-order valence-corrected chi connectivity index (χ4v) is 3.74. The third kappa shape index (κ3) is 1.62. The number of aliphatic hydroxyl groups excluding tert-OH is 1. The second-order valence-corrected chi connectivity index (χ2v) is 6.12. The molecule has 1 aliphatic carbocycles. The minimum Gasteiger partial charge on any atom is -0.509 e. The van der Waals surface area contributed by atoms with Crippen molar-refractivity contribution in [2.75, 3.05) is 14.2 Å². The van der Waals surface area contributed by atoms with Gasteiger partial charge in [0.1, 0.15) is 11.0 Å². The maximum Gasteiger partial charge on any atom is 0.358 e. The molecule has 0 aromatic heterocycles. The van der Waals surface area contributed by atoms with Crippen LogP contribution in [0.1, 0.15) is 0 Å². The van der Waals surface area contributed by atoms with Crippen molar-refractivity contribution in [3.63, 3.8) is 0 Å². The summed E-state index contributed by atoms with van der Waals surface area (Å²) in [5.74, 6) is -1.91. The molecule has 0 spiro atoms. The molecule has 0 aromatic carbocycles. The third-order valence-electron chi connectivity index (χ3n) is 3.06. The van der Waals surface area contributed by atoms with Gasteiger partial charge in [-0.15, -0.1) is 0 Å². The van der Waals surface area contributed by atoms with Gasteiger partial charge in [0.2, 0.25) is 10.0 Å². The van der Waals surface area contributed by atoms with Gasteiger partial charge >= 0.3 is 5.97 Å². The number of methoxy groups -OCH3 is 1. The molecule has 0 fully saturated rings. The predicted molar refractivity (Wildman–Crippen MR) is 63.9 cm³/mol. The summed E-state index contributed by atoms with van der Waals surface area (Å²) in [6.45, 7) is 0. The average molecular weight is 271 g/mol. The van der Waals surface area contributed by atoms with Gasteiger partial charge in [-0.05, 0) is 0 Å². The number of ether oxygens (including phenoxy) is 1. The van der Waals surface area contributed by atoms with E-state index in [0.717, 1.165) is 11.4 Å². The zero-order valence-corrected chi connectivity index (χ0v) is 10.7. The van der Waals surface area contributed by atoms with Crippen molar-refractivity contribution in [1.82, 2.24) is 4.31 Å². The van der Waals surface area contributed by atoms with Gasteiger partial charge in [-0.2, -0.15) is 0 Å². The van der Waals surface area contributed by atoms with Gasteiger partial charge < -0.3 is 9.84 Å². The Bertz CT molecular complexity index is 572. The predicted octanol–water partition coefficient (Wildman–Crippen LogP) is 0.315. The van der Waals surface area contributed by atoms with Gasteiger partial charge in [0.05, 0.1) is 13.0 Å². The minimum atomic E-state index is -3.72. The van der Waals surface area contributed by atoms with E-state index in [2.05, 4.69) is 4.74 Å². The van der Waals surface area contributed by atoms with Crippen molar-refractivity contribution in [2.45, 2.75) is 5.25 Å². The zero-order valence-electron chi connectivity index (χ0n) is 9.90. The first kappa shape index (κ1) is 12.7. The highest BCUT2D eigenvalue weighted by Gasteiger charge is 2.46. The van der Waals surface area contributed by atoms with Crippen molar-refractivity contribution in [1.29, 1.82) is 0 Å². The fraction of sp³-hybridized carbons (Fsp3) is 0.364. The van der Waals surface area contributed by atoms with Crippen molar-refractivity contribution < 1.29 is 23.1 Å². The third-order valence-corrected chi connectivity index (χ3v) is 5.15. The second-order valence-electron chi connectivity index (χ2n) is 4.00. The van der Waals surface area contributed by atoms with E-state index in [1.54, 1.807) is 18.2 Å². The van der Waals surface area contributed by atoms with Crippen molar-refractivity contribution in [3.8, 4) is 0 Å². The first-order chi connectivity index (χ1) is 8.41. The molecule has 0 saturated heterocycles. The second kappa shape index (κ2) is 4.16. The Morgan fingerprint density at radius 1 is 1.39 bits per heavy atom. The van der Waals surface area contributed by atoms with E-state index in [1.807, 2.05) is 0 Å².